The van der Waals surface area contributed by atoms with Crippen molar-refractivity contribution in [3.63, 3.8) is 0 Å². The van der Waals surface area contributed by atoms with Crippen molar-refractivity contribution in [3.8, 4) is 5.88 Å². The maximum atomic E-state index is 11.3. The van der Waals surface area contributed by atoms with E-state index >= 15 is 0 Å². The Labute approximate surface area is 133 Å². The maximum absolute atomic E-state index is 11.3. The van der Waals surface area contributed by atoms with Crippen molar-refractivity contribution in [1.82, 2.24) is 9.88 Å². The Kier molecular flexibility index (Phi) is 4.18. The van der Waals surface area contributed by atoms with Gasteiger partial charge in [-0.25, -0.2) is 9.78 Å². The number of benzene rings is 1. The second-order valence-electron chi connectivity index (χ2n) is 5.47. The molecule has 0 amide bonds. The third-order valence-corrected chi connectivity index (χ3v) is 4.16. The summed E-state index contributed by atoms with van der Waals surface area (Å²) in [5, 5.41) is 10.6. The third-order valence-electron chi connectivity index (χ3n) is 3.94. The lowest BCUT2D eigenvalue weighted by Crippen LogP contribution is -2.18. The molecule has 5 nitrogen and oxygen atoms in total. The molecule has 1 aromatic carbocycles. The molecule has 1 aromatic heterocycles. The Bertz CT molecular complexity index is 727. The van der Waals surface area contributed by atoms with Crippen LogP contribution in [0.15, 0.2) is 18.2 Å². The van der Waals surface area contributed by atoms with Crippen LogP contribution in [-0.2, 0) is 6.54 Å². The molecule has 22 heavy (non-hydrogen) atoms. The number of aromatic carboxylic acids is 1. The van der Waals surface area contributed by atoms with Gasteiger partial charge in [0.15, 0.2) is 0 Å². The molecule has 0 bridgehead atoms. The van der Waals surface area contributed by atoms with Gasteiger partial charge in [-0.05, 0) is 49.7 Å². The van der Waals surface area contributed by atoms with Gasteiger partial charge in [-0.2, -0.15) is 0 Å². The quantitative estimate of drug-likeness (QED) is 0.937. The molecule has 2 aromatic rings. The largest absolute Gasteiger partial charge is 0.480 e. The molecule has 1 aliphatic rings. The molecule has 116 valence electrons. The first-order valence-electron chi connectivity index (χ1n) is 7.21. The fourth-order valence-corrected chi connectivity index (χ4v) is 3.16. The first kappa shape index (κ1) is 15.1. The molecule has 6 heteroatoms. The van der Waals surface area contributed by atoms with Gasteiger partial charge in [0.25, 0.3) is 0 Å². The summed E-state index contributed by atoms with van der Waals surface area (Å²) < 4.78 is 5.13. The minimum absolute atomic E-state index is 0.0457. The highest BCUT2D eigenvalue weighted by atomic mass is 35.5. The van der Waals surface area contributed by atoms with Crippen molar-refractivity contribution in [2.45, 2.75) is 19.4 Å². The number of carboxylic acids is 1. The number of pyridine rings is 1. The van der Waals surface area contributed by atoms with Crippen LogP contribution < -0.4 is 4.74 Å². The number of halogens is 1. The van der Waals surface area contributed by atoms with Gasteiger partial charge >= 0.3 is 5.97 Å². The molecule has 0 saturated carbocycles. The number of hydrogen-bond donors (Lipinski definition) is 1. The van der Waals surface area contributed by atoms with Gasteiger partial charge in [0, 0.05) is 17.0 Å². The number of fused-ring (bicyclic) bond motifs is 1. The normalized spacial score (nSPS) is 15.4. The van der Waals surface area contributed by atoms with Crippen LogP contribution in [0.1, 0.15) is 28.8 Å². The number of nitrogens with zero attached hydrogens (tertiary/aromatic N) is 2. The van der Waals surface area contributed by atoms with E-state index in [2.05, 4.69) is 9.88 Å². The average Bonchev–Trinajstić information content (AvgIpc) is 2.98. The van der Waals surface area contributed by atoms with Crippen LogP contribution in [-0.4, -0.2) is 41.2 Å². The number of aromatic nitrogens is 1. The van der Waals surface area contributed by atoms with Crippen molar-refractivity contribution < 1.29 is 14.6 Å². The smallest absolute Gasteiger partial charge is 0.341 e. The number of rotatable bonds is 4. The van der Waals surface area contributed by atoms with E-state index in [-0.39, 0.29) is 11.4 Å². The minimum Gasteiger partial charge on any atom is -0.480 e. The zero-order valence-electron chi connectivity index (χ0n) is 12.3. The lowest BCUT2D eigenvalue weighted by molar-refractivity contribution is 0.0692. The van der Waals surface area contributed by atoms with Crippen molar-refractivity contribution in [1.29, 1.82) is 0 Å². The molecule has 1 aliphatic heterocycles. The Hall–Kier alpha value is -1.85. The maximum Gasteiger partial charge on any atom is 0.341 e. The number of carbonyl (C=O) groups is 1. The molecule has 3 rings (SSSR count). The molecular formula is C16H17ClN2O3. The highest BCUT2D eigenvalue weighted by molar-refractivity contribution is 6.31. The summed E-state index contributed by atoms with van der Waals surface area (Å²) in [4.78, 5) is 18.1. The average molecular weight is 321 g/mol. The summed E-state index contributed by atoms with van der Waals surface area (Å²) in [6.45, 7) is 2.90. The predicted molar refractivity (Wildman–Crippen MR) is 84.8 cm³/mol. The Morgan fingerprint density at radius 1 is 1.36 bits per heavy atom. The van der Waals surface area contributed by atoms with Crippen molar-refractivity contribution in [2.75, 3.05) is 20.2 Å². The van der Waals surface area contributed by atoms with E-state index in [0.29, 0.717) is 5.02 Å². The van der Waals surface area contributed by atoms with Gasteiger partial charge in [0.1, 0.15) is 5.56 Å². The fourth-order valence-electron chi connectivity index (χ4n) is 2.92. The summed E-state index contributed by atoms with van der Waals surface area (Å²) in [6, 6.07) is 5.21. The standard InChI is InChI=1S/C16H17ClN2O3/c1-22-15-13(16(20)21)8-10-6-12(17)7-11(14(10)18-15)9-19-4-2-3-5-19/h6-8H,2-5,9H2,1H3,(H,20,21). The van der Waals surface area contributed by atoms with E-state index < -0.39 is 5.97 Å². The van der Waals surface area contributed by atoms with Crippen LogP contribution in [0.25, 0.3) is 10.9 Å². The summed E-state index contributed by atoms with van der Waals surface area (Å²) in [6.07, 6.45) is 2.41. The molecule has 0 unspecified atom stereocenters. The Balaban J connectivity index is 2.12. The van der Waals surface area contributed by atoms with Crippen LogP contribution in [0.3, 0.4) is 0 Å². The van der Waals surface area contributed by atoms with Crippen LogP contribution in [0.4, 0.5) is 0 Å². The topological polar surface area (TPSA) is 62.7 Å². The number of likely N-dealkylation sites (tertiary alicyclic amines) is 1. The second kappa shape index (κ2) is 6.10. The molecule has 0 aliphatic carbocycles. The molecule has 0 atom stereocenters. The van der Waals surface area contributed by atoms with Gasteiger partial charge in [-0.1, -0.05) is 11.6 Å². The summed E-state index contributed by atoms with van der Waals surface area (Å²) in [5.41, 5.74) is 1.79. The molecule has 2 heterocycles. The molecule has 1 saturated heterocycles. The van der Waals surface area contributed by atoms with Gasteiger partial charge in [0.2, 0.25) is 5.88 Å². The van der Waals surface area contributed by atoms with E-state index in [0.717, 1.165) is 36.1 Å². The molecule has 1 fully saturated rings. The van der Waals surface area contributed by atoms with E-state index in [1.54, 1.807) is 12.1 Å². The highest BCUT2D eigenvalue weighted by Crippen LogP contribution is 2.29. The first-order valence-corrected chi connectivity index (χ1v) is 7.59. The molecule has 0 radical (unpaired) electrons. The SMILES string of the molecule is COc1nc2c(CN3CCCC3)cc(Cl)cc2cc1C(=O)O. The Morgan fingerprint density at radius 3 is 2.73 bits per heavy atom. The fraction of sp³-hybridized carbons (Fsp3) is 0.375. The molecular weight excluding hydrogens is 304 g/mol. The van der Waals surface area contributed by atoms with Gasteiger partial charge in [-0.15, -0.1) is 0 Å². The van der Waals surface area contributed by atoms with Gasteiger partial charge in [0.05, 0.1) is 12.6 Å². The first-order chi connectivity index (χ1) is 10.6. The lowest BCUT2D eigenvalue weighted by atomic mass is 10.1. The van der Waals surface area contributed by atoms with E-state index in [1.165, 1.54) is 20.0 Å². The molecule has 1 N–H and O–H groups in total. The third kappa shape index (κ3) is 2.87. The van der Waals surface area contributed by atoms with Crippen molar-refractivity contribution in [3.05, 3.63) is 34.3 Å². The second-order valence-corrected chi connectivity index (χ2v) is 5.91. The number of hydrogen-bond acceptors (Lipinski definition) is 4. The number of ether oxygens (including phenoxy) is 1. The highest BCUT2D eigenvalue weighted by Gasteiger charge is 2.18. The van der Waals surface area contributed by atoms with Crippen LogP contribution in [0, 0.1) is 0 Å². The van der Waals surface area contributed by atoms with E-state index in [9.17, 15) is 9.90 Å². The van der Waals surface area contributed by atoms with Crippen LogP contribution >= 0.6 is 11.6 Å². The zero-order valence-corrected chi connectivity index (χ0v) is 13.1. The predicted octanol–water partition coefficient (Wildman–Crippen LogP) is 3.19. The van der Waals surface area contributed by atoms with E-state index in [1.807, 2.05) is 6.07 Å². The Morgan fingerprint density at radius 2 is 2.09 bits per heavy atom. The summed E-state index contributed by atoms with van der Waals surface area (Å²) in [5.74, 6) is -0.933. The van der Waals surface area contributed by atoms with Crippen LogP contribution in [0.5, 0.6) is 5.88 Å². The van der Waals surface area contributed by atoms with Crippen molar-refractivity contribution >= 4 is 28.5 Å². The van der Waals surface area contributed by atoms with Crippen LogP contribution in [0.2, 0.25) is 5.02 Å². The summed E-state index contributed by atoms with van der Waals surface area (Å²) in [7, 11) is 1.43. The number of methoxy groups -OCH3 is 1. The summed E-state index contributed by atoms with van der Waals surface area (Å²) >= 11 is 6.19. The van der Waals surface area contributed by atoms with E-state index in [4.69, 9.17) is 16.3 Å². The minimum atomic E-state index is -1.06. The van der Waals surface area contributed by atoms with Gasteiger partial charge in [-0.3, -0.25) is 4.90 Å². The number of carboxylic acid groups (broad SMARTS) is 1. The molecule has 0 spiro atoms. The van der Waals surface area contributed by atoms with Gasteiger partial charge < -0.3 is 9.84 Å². The monoisotopic (exact) mass is 320 g/mol. The lowest BCUT2D eigenvalue weighted by Gasteiger charge is -2.17. The van der Waals surface area contributed by atoms with Crippen molar-refractivity contribution in [2.24, 2.45) is 0 Å². The zero-order chi connectivity index (χ0) is 15.7.